The zero-order valence-corrected chi connectivity index (χ0v) is 18.6. The Morgan fingerprint density at radius 1 is 1.03 bits per heavy atom. The first-order valence-electron chi connectivity index (χ1n) is 9.34. The van der Waals surface area contributed by atoms with Gasteiger partial charge in [-0.05, 0) is 30.3 Å². The molecule has 0 aliphatic carbocycles. The van der Waals surface area contributed by atoms with E-state index in [0.717, 1.165) is 23.5 Å². The molecule has 0 bridgehead atoms. The Labute approximate surface area is 191 Å². The molecule has 0 saturated heterocycles. The van der Waals surface area contributed by atoms with Crippen LogP contribution in [-0.2, 0) is 10.0 Å². The fourth-order valence-corrected chi connectivity index (χ4v) is 5.10. The number of carbonyl (C=O) groups excluding carboxylic acids is 1. The summed E-state index contributed by atoms with van der Waals surface area (Å²) >= 11 is 1.04. The average Bonchev–Trinajstić information content (AvgIpc) is 3.17. The molecule has 0 saturated carbocycles. The van der Waals surface area contributed by atoms with Gasteiger partial charge in [0, 0.05) is 17.8 Å². The van der Waals surface area contributed by atoms with Crippen LogP contribution in [0.25, 0.3) is 10.2 Å². The molecule has 3 N–H and O–H groups in total. The number of benzene rings is 3. The molecule has 0 fully saturated rings. The molecule has 1 aromatic heterocycles. The smallest absolute Gasteiger partial charge is 0.323 e. The summed E-state index contributed by atoms with van der Waals surface area (Å²) in [5, 5.41) is 4.93. The van der Waals surface area contributed by atoms with Crippen LogP contribution in [0.15, 0.2) is 65.6 Å². The number of rotatable bonds is 6. The minimum atomic E-state index is -3.84. The second kappa shape index (κ2) is 9.00. The number of urea groups is 1. The minimum absolute atomic E-state index is 0.0864. The molecule has 33 heavy (non-hydrogen) atoms. The van der Waals surface area contributed by atoms with Crippen molar-refractivity contribution in [3.63, 3.8) is 0 Å². The van der Waals surface area contributed by atoms with Crippen LogP contribution in [0.5, 0.6) is 5.75 Å². The Morgan fingerprint density at radius 2 is 1.79 bits per heavy atom. The van der Waals surface area contributed by atoms with Gasteiger partial charge < -0.3 is 15.4 Å². The van der Waals surface area contributed by atoms with E-state index in [-0.39, 0.29) is 21.5 Å². The molecule has 1 heterocycles. The Morgan fingerprint density at radius 3 is 2.48 bits per heavy atom. The third-order valence-corrected chi connectivity index (χ3v) is 6.79. The van der Waals surface area contributed by atoms with Crippen molar-refractivity contribution in [3.8, 4) is 5.75 Å². The molecule has 2 amide bonds. The molecule has 4 aromatic rings. The Balaban J connectivity index is 1.57. The molecule has 0 unspecified atom stereocenters. The number of sulfonamides is 1. The van der Waals surface area contributed by atoms with Gasteiger partial charge in [-0.1, -0.05) is 29.5 Å². The molecular weight excluding hydrogens is 474 g/mol. The van der Waals surface area contributed by atoms with Crippen LogP contribution in [0.1, 0.15) is 0 Å². The molecule has 0 atom stereocenters. The molecule has 0 spiro atoms. The predicted octanol–water partition coefficient (Wildman–Crippen LogP) is 5.03. The maximum absolute atomic E-state index is 13.8. The van der Waals surface area contributed by atoms with Crippen LogP contribution in [0.4, 0.5) is 30.1 Å². The van der Waals surface area contributed by atoms with Crippen molar-refractivity contribution >= 4 is 54.1 Å². The van der Waals surface area contributed by atoms with Gasteiger partial charge in [-0.3, -0.25) is 4.72 Å². The minimum Gasteiger partial charge on any atom is -0.494 e. The second-order valence-corrected chi connectivity index (χ2v) is 9.38. The highest BCUT2D eigenvalue weighted by Crippen LogP contribution is 2.36. The van der Waals surface area contributed by atoms with Crippen molar-refractivity contribution < 1.29 is 26.7 Å². The third kappa shape index (κ3) is 5.02. The van der Waals surface area contributed by atoms with E-state index < -0.39 is 27.7 Å². The number of amides is 2. The van der Waals surface area contributed by atoms with Crippen molar-refractivity contribution in [2.75, 3.05) is 22.5 Å². The van der Waals surface area contributed by atoms with Crippen molar-refractivity contribution in [1.29, 1.82) is 0 Å². The largest absolute Gasteiger partial charge is 0.494 e. The molecule has 170 valence electrons. The van der Waals surface area contributed by atoms with E-state index in [9.17, 15) is 22.0 Å². The third-order valence-electron chi connectivity index (χ3n) is 4.39. The molecule has 8 nitrogen and oxygen atoms in total. The summed E-state index contributed by atoms with van der Waals surface area (Å²) in [4.78, 5) is 16.7. The van der Waals surface area contributed by atoms with Gasteiger partial charge in [-0.2, -0.15) is 0 Å². The maximum atomic E-state index is 13.8. The van der Waals surface area contributed by atoms with Crippen molar-refractivity contribution in [3.05, 3.63) is 72.3 Å². The summed E-state index contributed by atoms with van der Waals surface area (Å²) in [7, 11) is -2.43. The number of thiazole rings is 1. The Kier molecular flexibility index (Phi) is 6.11. The number of hydrogen-bond acceptors (Lipinski definition) is 6. The number of fused-ring (bicyclic) bond motifs is 1. The fraction of sp³-hybridized carbons (Fsp3) is 0.0476. The van der Waals surface area contributed by atoms with Gasteiger partial charge in [0.25, 0.3) is 10.0 Å². The van der Waals surface area contributed by atoms with Gasteiger partial charge >= 0.3 is 6.03 Å². The van der Waals surface area contributed by atoms with Crippen LogP contribution in [-0.4, -0.2) is 26.5 Å². The molecule has 3 aromatic carbocycles. The topological polar surface area (TPSA) is 109 Å². The molecular formula is C21H16F2N4O4S2. The van der Waals surface area contributed by atoms with Crippen LogP contribution in [0.2, 0.25) is 0 Å². The van der Waals surface area contributed by atoms with E-state index in [2.05, 4.69) is 20.3 Å². The first-order valence-corrected chi connectivity index (χ1v) is 11.6. The summed E-state index contributed by atoms with van der Waals surface area (Å²) in [6.07, 6.45) is 0. The van der Waals surface area contributed by atoms with Crippen LogP contribution in [0.3, 0.4) is 0 Å². The highest BCUT2D eigenvalue weighted by atomic mass is 32.2. The average molecular weight is 491 g/mol. The van der Waals surface area contributed by atoms with E-state index in [1.165, 1.54) is 25.3 Å². The SMILES string of the molecule is COc1cc(NC(=O)Nc2ccc(F)cc2F)cc2sc(NS(=O)(=O)c3ccccc3)nc12. The molecule has 0 aliphatic heterocycles. The maximum Gasteiger partial charge on any atom is 0.323 e. The van der Waals surface area contributed by atoms with E-state index >= 15 is 0 Å². The summed E-state index contributed by atoms with van der Waals surface area (Å²) in [5.74, 6) is -1.40. The predicted molar refractivity (Wildman–Crippen MR) is 122 cm³/mol. The van der Waals surface area contributed by atoms with E-state index in [0.29, 0.717) is 22.0 Å². The molecule has 4 rings (SSSR count). The van der Waals surface area contributed by atoms with Crippen LogP contribution in [0, 0.1) is 11.6 Å². The number of nitrogens with zero attached hydrogens (tertiary/aromatic N) is 1. The van der Waals surface area contributed by atoms with Gasteiger partial charge in [-0.25, -0.2) is 27.0 Å². The number of carbonyl (C=O) groups is 1. The number of aromatic nitrogens is 1. The standard InChI is InChI=1S/C21H16F2N4O4S2/c1-31-17-10-13(24-20(28)25-16-8-7-12(22)9-15(16)23)11-18-19(17)26-21(32-18)27-33(29,30)14-5-3-2-4-6-14/h2-11H,1H3,(H,26,27)(H2,24,25,28). The van der Waals surface area contributed by atoms with Gasteiger partial charge in [0.1, 0.15) is 22.9 Å². The lowest BCUT2D eigenvalue weighted by Crippen LogP contribution is -2.20. The summed E-state index contributed by atoms with van der Waals surface area (Å²) in [6.45, 7) is 0. The zero-order chi connectivity index (χ0) is 23.6. The fourth-order valence-electron chi connectivity index (χ4n) is 2.92. The van der Waals surface area contributed by atoms with Crippen LogP contribution < -0.4 is 20.1 Å². The van der Waals surface area contributed by atoms with Gasteiger partial charge in [0.05, 0.1) is 22.4 Å². The Hall–Kier alpha value is -3.77. The lowest BCUT2D eigenvalue weighted by atomic mass is 10.2. The summed E-state index contributed by atoms with van der Waals surface area (Å²) in [6, 6.07) is 12.9. The van der Waals surface area contributed by atoms with Gasteiger partial charge in [0.2, 0.25) is 0 Å². The Bertz CT molecular complexity index is 1440. The van der Waals surface area contributed by atoms with Crippen molar-refractivity contribution in [2.45, 2.75) is 4.90 Å². The number of halogens is 2. The highest BCUT2D eigenvalue weighted by molar-refractivity contribution is 7.93. The lowest BCUT2D eigenvalue weighted by Gasteiger charge is -2.10. The van der Waals surface area contributed by atoms with Gasteiger partial charge in [-0.15, -0.1) is 0 Å². The number of nitrogens with one attached hydrogen (secondary N) is 3. The number of ether oxygens (including phenoxy) is 1. The van der Waals surface area contributed by atoms with E-state index in [4.69, 9.17) is 4.74 Å². The zero-order valence-electron chi connectivity index (χ0n) is 16.9. The first-order chi connectivity index (χ1) is 15.7. The highest BCUT2D eigenvalue weighted by Gasteiger charge is 2.18. The van der Waals surface area contributed by atoms with Crippen molar-refractivity contribution in [2.24, 2.45) is 0 Å². The quantitative estimate of drug-likeness (QED) is 0.351. The summed E-state index contributed by atoms with van der Waals surface area (Å²) in [5.41, 5.74) is 0.488. The van der Waals surface area contributed by atoms with E-state index in [1.807, 2.05) is 0 Å². The normalized spacial score (nSPS) is 11.2. The van der Waals surface area contributed by atoms with E-state index in [1.54, 1.807) is 24.3 Å². The monoisotopic (exact) mass is 490 g/mol. The second-order valence-electron chi connectivity index (χ2n) is 6.67. The molecule has 0 radical (unpaired) electrons. The number of methoxy groups -OCH3 is 1. The molecule has 0 aliphatic rings. The lowest BCUT2D eigenvalue weighted by molar-refractivity contribution is 0.262. The number of hydrogen-bond donors (Lipinski definition) is 3. The summed E-state index contributed by atoms with van der Waals surface area (Å²) < 4.78 is 60.2. The number of anilines is 3. The molecule has 12 heteroatoms. The van der Waals surface area contributed by atoms with Gasteiger partial charge in [0.15, 0.2) is 5.13 Å². The van der Waals surface area contributed by atoms with Crippen molar-refractivity contribution in [1.82, 2.24) is 4.98 Å². The first kappa shape index (κ1) is 22.4. The van der Waals surface area contributed by atoms with Crippen LogP contribution >= 0.6 is 11.3 Å².